The van der Waals surface area contributed by atoms with Gasteiger partial charge in [0.15, 0.2) is 0 Å². The van der Waals surface area contributed by atoms with Crippen LogP contribution in [0.3, 0.4) is 0 Å². The van der Waals surface area contributed by atoms with Crippen molar-refractivity contribution in [3.05, 3.63) is 59.7 Å². The van der Waals surface area contributed by atoms with Crippen molar-refractivity contribution in [1.29, 1.82) is 0 Å². The average Bonchev–Trinajstić information content (AvgIpc) is 2.55. The number of sulfonamides is 1. The number of carbonyl (C=O) groups excluding carboxylic acids is 1. The zero-order valence-electron chi connectivity index (χ0n) is 14.2. The van der Waals surface area contributed by atoms with Crippen LogP contribution < -0.4 is 9.62 Å². The summed E-state index contributed by atoms with van der Waals surface area (Å²) in [5.41, 5.74) is 3.10. The van der Waals surface area contributed by atoms with Crippen molar-refractivity contribution in [2.45, 2.75) is 31.9 Å². The molecule has 25 heavy (non-hydrogen) atoms. The molecule has 0 unspecified atom stereocenters. The zero-order valence-corrected chi connectivity index (χ0v) is 15.1. The number of hydrogen-bond donors (Lipinski definition) is 1. The summed E-state index contributed by atoms with van der Waals surface area (Å²) in [5, 5.41) is 0. The zero-order chi connectivity index (χ0) is 17.9. The van der Waals surface area contributed by atoms with Crippen LogP contribution >= 0.6 is 0 Å². The molecule has 0 aromatic heterocycles. The minimum Gasteiger partial charge on any atom is -0.312 e. The Hall–Kier alpha value is -2.34. The van der Waals surface area contributed by atoms with E-state index in [0.29, 0.717) is 12.1 Å². The van der Waals surface area contributed by atoms with Crippen molar-refractivity contribution in [3.63, 3.8) is 0 Å². The molecule has 6 heteroatoms. The summed E-state index contributed by atoms with van der Waals surface area (Å²) in [4.78, 5) is 13.7. The van der Waals surface area contributed by atoms with Gasteiger partial charge in [0, 0.05) is 24.3 Å². The van der Waals surface area contributed by atoms with Crippen molar-refractivity contribution in [2.75, 3.05) is 16.2 Å². The van der Waals surface area contributed by atoms with E-state index in [-0.39, 0.29) is 11.7 Å². The number of aryl methyl sites for hydroxylation is 1. The lowest BCUT2D eigenvalue weighted by Crippen LogP contribution is -2.35. The summed E-state index contributed by atoms with van der Waals surface area (Å²) in [5.74, 6) is 0.0557. The number of amides is 1. The summed E-state index contributed by atoms with van der Waals surface area (Å²) in [7, 11) is -3.48. The van der Waals surface area contributed by atoms with E-state index in [1.807, 2.05) is 25.1 Å². The standard InChI is InChI=1S/C19H22N2O3S/c1-15-5-4-6-16(13-15)14-25(23,24)20-17-8-10-18(11-9-17)21-12-3-2-7-19(21)22/h4-6,8-11,13,20H,2-3,7,12,14H2,1H3. The third kappa shape index (κ3) is 4.60. The molecular formula is C19H22N2O3S. The Morgan fingerprint density at radius 3 is 2.52 bits per heavy atom. The van der Waals surface area contributed by atoms with E-state index in [4.69, 9.17) is 0 Å². The van der Waals surface area contributed by atoms with Gasteiger partial charge in [-0.1, -0.05) is 29.8 Å². The van der Waals surface area contributed by atoms with E-state index in [1.165, 1.54) is 0 Å². The molecule has 0 aliphatic carbocycles. The number of piperidine rings is 1. The summed E-state index contributed by atoms with van der Waals surface area (Å²) in [6.45, 7) is 2.65. The van der Waals surface area contributed by atoms with E-state index >= 15 is 0 Å². The Morgan fingerprint density at radius 1 is 1.08 bits per heavy atom. The number of carbonyl (C=O) groups is 1. The predicted octanol–water partition coefficient (Wildman–Crippen LogP) is 3.45. The van der Waals surface area contributed by atoms with E-state index in [9.17, 15) is 13.2 Å². The lowest BCUT2D eigenvalue weighted by atomic mass is 10.1. The molecule has 132 valence electrons. The SMILES string of the molecule is Cc1cccc(CS(=O)(=O)Nc2ccc(N3CCCCC3=O)cc2)c1. The van der Waals surface area contributed by atoms with E-state index in [0.717, 1.165) is 36.2 Å². The first-order valence-electron chi connectivity index (χ1n) is 8.39. The van der Waals surface area contributed by atoms with Crippen LogP contribution in [0.25, 0.3) is 0 Å². The summed E-state index contributed by atoms with van der Waals surface area (Å²) in [6.07, 6.45) is 2.51. The maximum atomic E-state index is 12.3. The topological polar surface area (TPSA) is 66.5 Å². The Bertz CT molecular complexity index is 860. The van der Waals surface area contributed by atoms with Gasteiger partial charge >= 0.3 is 0 Å². The Labute approximate surface area is 148 Å². The van der Waals surface area contributed by atoms with Gasteiger partial charge in [-0.25, -0.2) is 8.42 Å². The van der Waals surface area contributed by atoms with Crippen LogP contribution in [-0.4, -0.2) is 20.9 Å². The Morgan fingerprint density at radius 2 is 1.84 bits per heavy atom. The van der Waals surface area contributed by atoms with Crippen LogP contribution in [0.5, 0.6) is 0 Å². The molecule has 2 aromatic carbocycles. The number of hydrogen-bond acceptors (Lipinski definition) is 3. The fraction of sp³-hybridized carbons (Fsp3) is 0.316. The third-order valence-electron chi connectivity index (χ3n) is 4.21. The maximum Gasteiger partial charge on any atom is 0.236 e. The molecule has 0 atom stereocenters. The molecule has 0 radical (unpaired) electrons. The summed E-state index contributed by atoms with van der Waals surface area (Å²) in [6, 6.07) is 14.4. The lowest BCUT2D eigenvalue weighted by Gasteiger charge is -2.26. The summed E-state index contributed by atoms with van der Waals surface area (Å²) < 4.78 is 27.3. The molecule has 1 heterocycles. The quantitative estimate of drug-likeness (QED) is 0.890. The smallest absolute Gasteiger partial charge is 0.236 e. The van der Waals surface area contributed by atoms with Crippen molar-refractivity contribution in [2.24, 2.45) is 0 Å². The molecule has 1 amide bonds. The van der Waals surface area contributed by atoms with Gasteiger partial charge in [-0.05, 0) is 49.6 Å². The highest BCUT2D eigenvalue weighted by Crippen LogP contribution is 2.23. The van der Waals surface area contributed by atoms with Gasteiger partial charge in [-0.2, -0.15) is 0 Å². The second-order valence-electron chi connectivity index (χ2n) is 6.40. The highest BCUT2D eigenvalue weighted by atomic mass is 32.2. The third-order valence-corrected chi connectivity index (χ3v) is 5.47. The molecule has 0 spiro atoms. The molecule has 5 nitrogen and oxygen atoms in total. The Kier molecular flexibility index (Phi) is 5.08. The number of nitrogens with one attached hydrogen (secondary N) is 1. The molecular weight excluding hydrogens is 336 g/mol. The largest absolute Gasteiger partial charge is 0.312 e. The molecule has 0 saturated carbocycles. The highest BCUT2D eigenvalue weighted by molar-refractivity contribution is 7.91. The van der Waals surface area contributed by atoms with E-state index in [2.05, 4.69) is 4.72 Å². The molecule has 1 N–H and O–H groups in total. The molecule has 1 saturated heterocycles. The van der Waals surface area contributed by atoms with Crippen molar-refractivity contribution >= 4 is 27.3 Å². The van der Waals surface area contributed by atoms with Crippen molar-refractivity contribution in [3.8, 4) is 0 Å². The van der Waals surface area contributed by atoms with E-state index in [1.54, 1.807) is 35.2 Å². The van der Waals surface area contributed by atoms with Crippen LogP contribution in [0.2, 0.25) is 0 Å². The van der Waals surface area contributed by atoms with Crippen LogP contribution in [0.15, 0.2) is 48.5 Å². The number of anilines is 2. The van der Waals surface area contributed by atoms with Gasteiger partial charge in [-0.15, -0.1) is 0 Å². The van der Waals surface area contributed by atoms with E-state index < -0.39 is 10.0 Å². The number of benzene rings is 2. The maximum absolute atomic E-state index is 12.3. The first-order valence-corrected chi connectivity index (χ1v) is 10.0. The summed E-state index contributed by atoms with van der Waals surface area (Å²) >= 11 is 0. The van der Waals surface area contributed by atoms with Crippen molar-refractivity contribution < 1.29 is 13.2 Å². The van der Waals surface area contributed by atoms with Crippen LogP contribution in [-0.2, 0) is 20.6 Å². The molecule has 1 fully saturated rings. The van der Waals surface area contributed by atoms with Crippen LogP contribution in [0.1, 0.15) is 30.4 Å². The molecule has 0 bridgehead atoms. The predicted molar refractivity (Wildman–Crippen MR) is 100 cm³/mol. The molecule has 1 aliphatic heterocycles. The minimum absolute atomic E-state index is 0.0684. The second-order valence-corrected chi connectivity index (χ2v) is 8.12. The fourth-order valence-corrected chi connectivity index (χ4v) is 4.21. The van der Waals surface area contributed by atoms with Gasteiger partial charge < -0.3 is 4.90 Å². The first-order chi connectivity index (χ1) is 11.9. The molecule has 2 aromatic rings. The van der Waals surface area contributed by atoms with Gasteiger partial charge in [0.25, 0.3) is 0 Å². The normalized spacial score (nSPS) is 15.2. The molecule has 3 rings (SSSR count). The van der Waals surface area contributed by atoms with Gasteiger partial charge in [0.1, 0.15) is 0 Å². The second kappa shape index (κ2) is 7.27. The molecule has 1 aliphatic rings. The monoisotopic (exact) mass is 358 g/mol. The van der Waals surface area contributed by atoms with Gasteiger partial charge in [0.2, 0.25) is 15.9 Å². The Balaban J connectivity index is 1.69. The highest BCUT2D eigenvalue weighted by Gasteiger charge is 2.19. The number of nitrogens with zero attached hydrogens (tertiary/aromatic N) is 1. The fourth-order valence-electron chi connectivity index (χ4n) is 3.03. The van der Waals surface area contributed by atoms with Gasteiger partial charge in [0.05, 0.1) is 5.75 Å². The average molecular weight is 358 g/mol. The van der Waals surface area contributed by atoms with Gasteiger partial charge in [-0.3, -0.25) is 9.52 Å². The number of rotatable bonds is 5. The lowest BCUT2D eigenvalue weighted by molar-refractivity contribution is -0.119. The van der Waals surface area contributed by atoms with Crippen molar-refractivity contribution in [1.82, 2.24) is 0 Å². The van der Waals surface area contributed by atoms with Crippen LogP contribution in [0.4, 0.5) is 11.4 Å². The van der Waals surface area contributed by atoms with Crippen LogP contribution in [0, 0.1) is 6.92 Å². The minimum atomic E-state index is -3.48. The first kappa shape index (κ1) is 17.5.